The van der Waals surface area contributed by atoms with Gasteiger partial charge in [-0.15, -0.1) is 0 Å². The van der Waals surface area contributed by atoms with Crippen molar-refractivity contribution in [2.75, 3.05) is 0 Å². The fraction of sp³-hybridized carbons (Fsp3) is 0.259. The first kappa shape index (κ1) is 22.3. The van der Waals surface area contributed by atoms with Gasteiger partial charge in [-0.3, -0.25) is 10.2 Å². The molecule has 1 saturated carbocycles. The lowest BCUT2D eigenvalue weighted by Gasteiger charge is -2.20. The molecule has 0 saturated heterocycles. The number of hydrogen-bond acceptors (Lipinski definition) is 4. The fourth-order valence-corrected chi connectivity index (χ4v) is 6.26. The lowest BCUT2D eigenvalue weighted by atomic mass is 9.90. The molecule has 0 atom stereocenters. The van der Waals surface area contributed by atoms with Crippen LogP contribution in [0.2, 0.25) is 5.02 Å². The minimum Gasteiger partial charge on any atom is -0.342 e. The number of rotatable bonds is 4. The van der Waals surface area contributed by atoms with E-state index in [1.165, 1.54) is 36.0 Å². The van der Waals surface area contributed by atoms with Crippen molar-refractivity contribution in [1.82, 2.24) is 9.58 Å². The van der Waals surface area contributed by atoms with Gasteiger partial charge < -0.3 is 4.57 Å². The van der Waals surface area contributed by atoms with E-state index in [1.807, 2.05) is 48.7 Å². The first-order chi connectivity index (χ1) is 17.1. The third-order valence-electron chi connectivity index (χ3n) is 6.84. The second-order valence-corrected chi connectivity index (χ2v) is 10.5. The van der Waals surface area contributed by atoms with E-state index in [0.717, 1.165) is 44.9 Å². The first-order valence-electron chi connectivity index (χ1n) is 11.9. The van der Waals surface area contributed by atoms with Gasteiger partial charge in [0.1, 0.15) is 5.04 Å². The monoisotopic (exact) mass is 501 g/mol. The number of thioether (sulfide) groups is 1. The Hall–Kier alpha value is -3.16. The number of para-hydroxylation sites is 1. The zero-order chi connectivity index (χ0) is 23.9. The molecule has 176 valence electrons. The van der Waals surface area contributed by atoms with Gasteiger partial charge >= 0.3 is 0 Å². The topological polar surface area (TPSA) is 73.8 Å². The number of carbonyl (C=O) groups excluding carboxylic acids is 1. The van der Waals surface area contributed by atoms with Gasteiger partial charge in [0.15, 0.2) is 5.84 Å². The van der Waals surface area contributed by atoms with Gasteiger partial charge in [-0.1, -0.05) is 67.3 Å². The van der Waals surface area contributed by atoms with Crippen LogP contribution >= 0.6 is 23.4 Å². The number of aromatic nitrogens is 1. The van der Waals surface area contributed by atoms with Gasteiger partial charge in [0.25, 0.3) is 5.91 Å². The number of nitrogens with one attached hydrogen (secondary N) is 1. The SMILES string of the molecule is N=C1/C(=C/c2cn(Cc3ccccc3Cl)c3ccccc23)C(=O)N=C2SC(C3CCCCC3)=NN12. The van der Waals surface area contributed by atoms with E-state index >= 15 is 0 Å². The second-order valence-electron chi connectivity index (χ2n) is 9.11. The molecule has 0 bridgehead atoms. The molecule has 2 aromatic carbocycles. The molecule has 3 aliphatic rings. The smallest absolute Gasteiger partial charge is 0.283 e. The number of benzene rings is 2. The zero-order valence-corrected chi connectivity index (χ0v) is 20.6. The Bertz CT molecular complexity index is 1450. The molecule has 1 amide bonds. The molecule has 1 aliphatic carbocycles. The molecular formula is C27H24ClN5OS. The number of amidine groups is 2. The molecule has 6 rings (SSSR count). The molecular weight excluding hydrogens is 478 g/mol. The Morgan fingerprint density at radius 1 is 1.09 bits per heavy atom. The fourth-order valence-electron chi connectivity index (χ4n) is 5.01. The van der Waals surface area contributed by atoms with E-state index in [-0.39, 0.29) is 11.4 Å². The lowest BCUT2D eigenvalue weighted by Crippen LogP contribution is -2.35. The van der Waals surface area contributed by atoms with Crippen LogP contribution in [0.15, 0.2) is 70.4 Å². The van der Waals surface area contributed by atoms with Gasteiger partial charge in [0.2, 0.25) is 5.17 Å². The number of fused-ring (bicyclic) bond motifs is 2. The van der Waals surface area contributed by atoms with Crippen molar-refractivity contribution in [3.05, 3.63) is 76.5 Å². The number of carbonyl (C=O) groups is 1. The lowest BCUT2D eigenvalue weighted by molar-refractivity contribution is -0.114. The van der Waals surface area contributed by atoms with Crippen LogP contribution in [0.3, 0.4) is 0 Å². The minimum atomic E-state index is -0.392. The standard InChI is InChI=1S/C27H24ClN5OS/c28-22-12-6-4-10-18(22)15-32-16-19(20-11-5-7-13-23(20)32)14-21-24(29)33-27(30-25(21)34)35-26(31-33)17-8-2-1-3-9-17/h4-7,10-14,16-17,29H,1-3,8-9,15H2/b21-14-,29-24?. The molecule has 2 aliphatic heterocycles. The van der Waals surface area contributed by atoms with Gasteiger partial charge in [0, 0.05) is 40.1 Å². The largest absolute Gasteiger partial charge is 0.342 e. The van der Waals surface area contributed by atoms with Crippen LogP contribution in [0.25, 0.3) is 17.0 Å². The van der Waals surface area contributed by atoms with Crippen LogP contribution < -0.4 is 0 Å². The van der Waals surface area contributed by atoms with E-state index in [0.29, 0.717) is 17.6 Å². The third-order valence-corrected chi connectivity index (χ3v) is 8.28. The molecule has 35 heavy (non-hydrogen) atoms. The Morgan fingerprint density at radius 3 is 2.69 bits per heavy atom. The highest BCUT2D eigenvalue weighted by Gasteiger charge is 2.38. The Balaban J connectivity index is 1.35. The van der Waals surface area contributed by atoms with Crippen LogP contribution in [0.1, 0.15) is 43.2 Å². The number of halogens is 1. The van der Waals surface area contributed by atoms with Crippen molar-refractivity contribution in [2.45, 2.75) is 38.6 Å². The van der Waals surface area contributed by atoms with Gasteiger partial charge in [-0.25, -0.2) is 0 Å². The van der Waals surface area contributed by atoms with E-state index < -0.39 is 5.91 Å². The number of amides is 1. The number of aliphatic imine (C=N–C) groups is 1. The van der Waals surface area contributed by atoms with Crippen molar-refractivity contribution in [3.8, 4) is 0 Å². The van der Waals surface area contributed by atoms with Gasteiger partial charge in [-0.2, -0.15) is 15.1 Å². The van der Waals surface area contributed by atoms with E-state index in [4.69, 9.17) is 22.1 Å². The van der Waals surface area contributed by atoms with E-state index in [1.54, 1.807) is 6.08 Å². The van der Waals surface area contributed by atoms with Crippen LogP contribution in [-0.2, 0) is 11.3 Å². The highest BCUT2D eigenvalue weighted by molar-refractivity contribution is 8.27. The Morgan fingerprint density at radius 2 is 1.86 bits per heavy atom. The van der Waals surface area contributed by atoms with Crippen LogP contribution in [0.5, 0.6) is 0 Å². The van der Waals surface area contributed by atoms with E-state index in [2.05, 4.69) is 15.6 Å². The summed E-state index contributed by atoms with van der Waals surface area (Å²) in [4.78, 5) is 17.3. The molecule has 3 heterocycles. The summed E-state index contributed by atoms with van der Waals surface area (Å²) >= 11 is 7.86. The molecule has 6 nitrogen and oxygen atoms in total. The summed E-state index contributed by atoms with van der Waals surface area (Å²) < 4.78 is 2.12. The highest BCUT2D eigenvalue weighted by Crippen LogP contribution is 2.36. The summed E-state index contributed by atoms with van der Waals surface area (Å²) in [5.41, 5.74) is 3.17. The van der Waals surface area contributed by atoms with Crippen molar-refractivity contribution in [3.63, 3.8) is 0 Å². The summed E-state index contributed by atoms with van der Waals surface area (Å²) in [5.74, 6) is 0.0955. The second kappa shape index (κ2) is 9.13. The number of hydrazone groups is 1. The van der Waals surface area contributed by atoms with Gasteiger partial charge in [0.05, 0.1) is 5.57 Å². The molecule has 0 radical (unpaired) electrons. The number of nitrogens with zero attached hydrogens (tertiary/aromatic N) is 4. The van der Waals surface area contributed by atoms with Crippen LogP contribution in [0, 0.1) is 11.3 Å². The van der Waals surface area contributed by atoms with Crippen molar-refractivity contribution in [1.29, 1.82) is 5.41 Å². The summed E-state index contributed by atoms with van der Waals surface area (Å²) in [7, 11) is 0. The maximum Gasteiger partial charge on any atom is 0.283 e. The highest BCUT2D eigenvalue weighted by atomic mass is 35.5. The quantitative estimate of drug-likeness (QED) is 0.412. The van der Waals surface area contributed by atoms with Crippen LogP contribution in [-0.4, -0.2) is 31.5 Å². The average molecular weight is 502 g/mol. The molecule has 0 spiro atoms. The predicted molar refractivity (Wildman–Crippen MR) is 144 cm³/mol. The Kier molecular flexibility index (Phi) is 5.82. The molecule has 1 aromatic heterocycles. The molecule has 1 N–H and O–H groups in total. The summed E-state index contributed by atoms with van der Waals surface area (Å²) in [6, 6.07) is 15.9. The van der Waals surface area contributed by atoms with Crippen molar-refractivity contribution in [2.24, 2.45) is 16.0 Å². The third kappa shape index (κ3) is 4.13. The van der Waals surface area contributed by atoms with Crippen LogP contribution in [0.4, 0.5) is 0 Å². The van der Waals surface area contributed by atoms with E-state index in [9.17, 15) is 4.79 Å². The summed E-state index contributed by atoms with van der Waals surface area (Å²) in [6.45, 7) is 0.606. The van der Waals surface area contributed by atoms with Crippen molar-refractivity contribution < 1.29 is 4.79 Å². The minimum absolute atomic E-state index is 0.0845. The maximum atomic E-state index is 13.0. The molecule has 3 aromatic rings. The predicted octanol–water partition coefficient (Wildman–Crippen LogP) is 6.54. The maximum absolute atomic E-state index is 13.0. The average Bonchev–Trinajstić information content (AvgIpc) is 3.46. The summed E-state index contributed by atoms with van der Waals surface area (Å²) in [6.07, 6.45) is 9.69. The zero-order valence-electron chi connectivity index (χ0n) is 19.1. The summed E-state index contributed by atoms with van der Waals surface area (Å²) in [5, 5.41) is 18.2. The molecule has 0 unspecified atom stereocenters. The number of hydrogen-bond donors (Lipinski definition) is 1. The van der Waals surface area contributed by atoms with Crippen molar-refractivity contribution >= 4 is 62.3 Å². The molecule has 1 fully saturated rings. The first-order valence-corrected chi connectivity index (χ1v) is 13.1. The normalized spacial score (nSPS) is 19.9. The molecule has 8 heteroatoms. The Labute approximate surface area is 212 Å². The van der Waals surface area contributed by atoms with Gasteiger partial charge in [-0.05, 0) is 48.4 Å².